The number of nitrogens with zero attached hydrogens (tertiary/aromatic N) is 1. The Morgan fingerprint density at radius 3 is 2.63 bits per heavy atom. The molecule has 0 atom stereocenters. The number of furan rings is 1. The van der Waals surface area contributed by atoms with Crippen molar-refractivity contribution < 1.29 is 9.34 Å². The van der Waals surface area contributed by atoms with Crippen LogP contribution in [0.1, 0.15) is 22.6 Å². The van der Waals surface area contributed by atoms with Gasteiger partial charge in [0.1, 0.15) is 11.5 Å². The number of benzene rings is 1. The molecule has 0 saturated heterocycles. The van der Waals surface area contributed by atoms with Crippen LogP contribution in [0.3, 0.4) is 0 Å². The summed E-state index contributed by atoms with van der Waals surface area (Å²) in [5, 5.41) is 14.0. The topological polar surface area (TPSA) is 68.3 Å². The van der Waals surface area contributed by atoms with Crippen molar-refractivity contribution >= 4 is 5.69 Å². The van der Waals surface area contributed by atoms with Crippen LogP contribution in [0, 0.1) is 24.0 Å². The Bertz CT molecular complexity index is 590. The summed E-state index contributed by atoms with van der Waals surface area (Å²) in [4.78, 5) is 10.5. The lowest BCUT2D eigenvalue weighted by Gasteiger charge is -2.04. The van der Waals surface area contributed by atoms with Gasteiger partial charge in [-0.3, -0.25) is 10.1 Å². The average Bonchev–Trinajstić information content (AvgIpc) is 2.77. The van der Waals surface area contributed by atoms with Crippen LogP contribution < -0.4 is 5.32 Å². The van der Waals surface area contributed by atoms with Gasteiger partial charge in [-0.25, -0.2) is 0 Å². The molecule has 0 amide bonds. The smallest absolute Gasteiger partial charge is 0.272 e. The fourth-order valence-electron chi connectivity index (χ4n) is 1.87. The van der Waals surface area contributed by atoms with Crippen LogP contribution >= 0.6 is 0 Å². The van der Waals surface area contributed by atoms with Crippen LogP contribution in [0.4, 0.5) is 5.69 Å². The predicted octanol–water partition coefficient (Wildman–Crippen LogP) is 3.09. The number of aryl methyl sites for hydroxylation is 2. The molecule has 0 saturated carbocycles. The lowest BCUT2D eigenvalue weighted by molar-refractivity contribution is -0.385. The van der Waals surface area contributed by atoms with E-state index in [1.54, 1.807) is 19.1 Å². The van der Waals surface area contributed by atoms with Gasteiger partial charge in [0, 0.05) is 18.2 Å². The lowest BCUT2D eigenvalue weighted by Crippen LogP contribution is -2.12. The second-order valence-electron chi connectivity index (χ2n) is 4.49. The van der Waals surface area contributed by atoms with Crippen LogP contribution in [-0.4, -0.2) is 4.92 Å². The van der Waals surface area contributed by atoms with Gasteiger partial charge in [-0.15, -0.1) is 0 Å². The van der Waals surface area contributed by atoms with Gasteiger partial charge in [-0.05, 0) is 31.5 Å². The third-order valence-corrected chi connectivity index (χ3v) is 2.89. The highest BCUT2D eigenvalue weighted by atomic mass is 16.6. The summed E-state index contributed by atoms with van der Waals surface area (Å²) in [6.45, 7) is 4.81. The van der Waals surface area contributed by atoms with Crippen molar-refractivity contribution in [2.75, 3.05) is 0 Å². The van der Waals surface area contributed by atoms with Crippen LogP contribution in [0.15, 0.2) is 34.7 Å². The van der Waals surface area contributed by atoms with Gasteiger partial charge in [0.15, 0.2) is 0 Å². The molecule has 0 aliphatic rings. The van der Waals surface area contributed by atoms with E-state index in [2.05, 4.69) is 5.32 Å². The number of nitro benzene ring substituents is 1. The molecule has 2 rings (SSSR count). The first-order chi connectivity index (χ1) is 9.06. The quantitative estimate of drug-likeness (QED) is 0.662. The van der Waals surface area contributed by atoms with E-state index in [0.29, 0.717) is 18.7 Å². The first-order valence-electron chi connectivity index (χ1n) is 6.06. The molecule has 19 heavy (non-hydrogen) atoms. The zero-order valence-electron chi connectivity index (χ0n) is 11.0. The zero-order valence-corrected chi connectivity index (χ0v) is 11.0. The molecule has 0 fully saturated rings. The number of nitro groups is 1. The summed E-state index contributed by atoms with van der Waals surface area (Å²) in [5.74, 6) is 1.74. The van der Waals surface area contributed by atoms with Crippen molar-refractivity contribution in [2.24, 2.45) is 0 Å². The van der Waals surface area contributed by atoms with E-state index in [1.807, 2.05) is 25.1 Å². The maximum atomic E-state index is 10.8. The van der Waals surface area contributed by atoms with Crippen molar-refractivity contribution in [3.05, 3.63) is 63.1 Å². The van der Waals surface area contributed by atoms with Gasteiger partial charge < -0.3 is 9.73 Å². The molecular weight excluding hydrogens is 244 g/mol. The molecule has 1 N–H and O–H groups in total. The van der Waals surface area contributed by atoms with Crippen LogP contribution in [-0.2, 0) is 13.1 Å². The Hall–Kier alpha value is -2.14. The second kappa shape index (κ2) is 5.67. The summed E-state index contributed by atoms with van der Waals surface area (Å²) in [6.07, 6.45) is 0. The Balaban J connectivity index is 1.96. The summed E-state index contributed by atoms with van der Waals surface area (Å²) >= 11 is 0. The molecule has 1 aromatic carbocycles. The number of hydrogen-bond acceptors (Lipinski definition) is 4. The average molecular weight is 260 g/mol. The predicted molar refractivity (Wildman–Crippen MR) is 71.8 cm³/mol. The van der Waals surface area contributed by atoms with E-state index in [9.17, 15) is 10.1 Å². The van der Waals surface area contributed by atoms with E-state index >= 15 is 0 Å². The zero-order chi connectivity index (χ0) is 13.8. The molecule has 0 radical (unpaired) electrons. The minimum Gasteiger partial charge on any atom is -0.465 e. The molecule has 5 nitrogen and oxygen atoms in total. The number of nitrogens with one attached hydrogen (secondary N) is 1. The molecule has 0 aliphatic carbocycles. The van der Waals surface area contributed by atoms with Crippen molar-refractivity contribution in [3.63, 3.8) is 0 Å². The first kappa shape index (κ1) is 13.3. The molecule has 0 aliphatic heterocycles. The number of rotatable bonds is 5. The van der Waals surface area contributed by atoms with Crippen molar-refractivity contribution in [2.45, 2.75) is 26.9 Å². The molecule has 100 valence electrons. The van der Waals surface area contributed by atoms with E-state index < -0.39 is 0 Å². The fourth-order valence-corrected chi connectivity index (χ4v) is 1.87. The Kier molecular flexibility index (Phi) is 3.97. The lowest BCUT2D eigenvalue weighted by atomic mass is 10.1. The SMILES string of the molecule is Cc1ccc(CNCc2ccc(C)c([N+](=O)[O-])c2)o1. The molecular formula is C14H16N2O3. The third-order valence-electron chi connectivity index (χ3n) is 2.89. The minimum atomic E-state index is -0.352. The molecule has 1 heterocycles. The second-order valence-corrected chi connectivity index (χ2v) is 4.49. The maximum absolute atomic E-state index is 10.8. The van der Waals surface area contributed by atoms with E-state index in [1.165, 1.54) is 0 Å². The summed E-state index contributed by atoms with van der Waals surface area (Å²) in [5.41, 5.74) is 1.73. The Morgan fingerprint density at radius 2 is 2.00 bits per heavy atom. The molecule has 5 heteroatoms. The third kappa shape index (κ3) is 3.42. The highest BCUT2D eigenvalue weighted by Gasteiger charge is 2.10. The van der Waals surface area contributed by atoms with Crippen LogP contribution in [0.5, 0.6) is 0 Å². The first-order valence-corrected chi connectivity index (χ1v) is 6.06. The summed E-state index contributed by atoms with van der Waals surface area (Å²) in [6, 6.07) is 9.10. The normalized spacial score (nSPS) is 10.6. The highest BCUT2D eigenvalue weighted by molar-refractivity contribution is 5.42. The van der Waals surface area contributed by atoms with Gasteiger partial charge in [-0.1, -0.05) is 12.1 Å². The standard InChI is InChI=1S/C14H16N2O3/c1-10-3-5-12(7-14(10)16(17)18)8-15-9-13-6-4-11(2)19-13/h3-7,15H,8-9H2,1-2H3. The highest BCUT2D eigenvalue weighted by Crippen LogP contribution is 2.19. The molecule has 0 spiro atoms. The van der Waals surface area contributed by atoms with E-state index in [0.717, 1.165) is 17.1 Å². The minimum absolute atomic E-state index is 0.160. The molecule has 1 aromatic heterocycles. The van der Waals surface area contributed by atoms with Gasteiger partial charge >= 0.3 is 0 Å². The van der Waals surface area contributed by atoms with Gasteiger partial charge in [-0.2, -0.15) is 0 Å². The van der Waals surface area contributed by atoms with E-state index in [-0.39, 0.29) is 10.6 Å². The van der Waals surface area contributed by atoms with Crippen LogP contribution in [0.2, 0.25) is 0 Å². The monoisotopic (exact) mass is 260 g/mol. The van der Waals surface area contributed by atoms with Crippen LogP contribution in [0.25, 0.3) is 0 Å². The van der Waals surface area contributed by atoms with E-state index in [4.69, 9.17) is 4.42 Å². The molecule has 0 bridgehead atoms. The maximum Gasteiger partial charge on any atom is 0.272 e. The number of hydrogen-bond donors (Lipinski definition) is 1. The fraction of sp³-hybridized carbons (Fsp3) is 0.286. The van der Waals surface area contributed by atoms with Gasteiger partial charge in [0.25, 0.3) is 5.69 Å². The van der Waals surface area contributed by atoms with Gasteiger partial charge in [0.2, 0.25) is 0 Å². The van der Waals surface area contributed by atoms with Crippen molar-refractivity contribution in [1.29, 1.82) is 0 Å². The van der Waals surface area contributed by atoms with Crippen molar-refractivity contribution in [1.82, 2.24) is 5.32 Å². The summed E-state index contributed by atoms with van der Waals surface area (Å²) < 4.78 is 5.43. The van der Waals surface area contributed by atoms with Crippen molar-refractivity contribution in [3.8, 4) is 0 Å². The Morgan fingerprint density at radius 1 is 1.21 bits per heavy atom. The molecule has 0 unspecified atom stereocenters. The molecule has 2 aromatic rings. The van der Waals surface area contributed by atoms with Gasteiger partial charge in [0.05, 0.1) is 11.5 Å². The summed E-state index contributed by atoms with van der Waals surface area (Å²) in [7, 11) is 0. The largest absolute Gasteiger partial charge is 0.465 e. The Labute approximate surface area is 111 Å².